The molecule has 2 N–H and O–H groups in total. The van der Waals surface area contributed by atoms with Gasteiger partial charge in [-0.2, -0.15) is 18.3 Å². The molecule has 9 heteroatoms. The van der Waals surface area contributed by atoms with Gasteiger partial charge in [-0.3, -0.25) is 9.48 Å². The molecule has 2 aromatic heterocycles. The summed E-state index contributed by atoms with van der Waals surface area (Å²) in [5.74, 6) is -1.53. The molecule has 120 valence electrons. The van der Waals surface area contributed by atoms with Crippen molar-refractivity contribution in [3.05, 3.63) is 42.0 Å². The number of fused-ring (bicyclic) bond motifs is 1. The number of alkyl halides is 3. The van der Waals surface area contributed by atoms with E-state index in [1.807, 2.05) is 6.92 Å². The van der Waals surface area contributed by atoms with E-state index in [9.17, 15) is 18.0 Å². The zero-order chi connectivity index (χ0) is 16.6. The number of H-pyrrole nitrogens is 1. The molecule has 0 saturated heterocycles. The Labute approximate surface area is 128 Å². The number of hydrogen-bond donors (Lipinski definition) is 2. The summed E-state index contributed by atoms with van der Waals surface area (Å²) in [6.45, 7) is 2.57. The second-order valence-electron chi connectivity index (χ2n) is 4.85. The molecule has 0 aliphatic carbocycles. The van der Waals surface area contributed by atoms with Crippen molar-refractivity contribution in [3.8, 4) is 0 Å². The Kier molecular flexibility index (Phi) is 3.55. The number of carbonyl (C=O) groups excluding carboxylic acids is 1. The third-order valence-electron chi connectivity index (χ3n) is 3.23. The summed E-state index contributed by atoms with van der Waals surface area (Å²) in [4.78, 5) is 17.8. The average Bonchev–Trinajstić information content (AvgIpc) is 3.11. The highest BCUT2D eigenvalue weighted by atomic mass is 19.4. The highest BCUT2D eigenvalue weighted by Crippen LogP contribution is 2.28. The lowest BCUT2D eigenvalue weighted by atomic mass is 10.2. The Morgan fingerprint density at radius 1 is 1.39 bits per heavy atom. The second-order valence-corrected chi connectivity index (χ2v) is 4.85. The van der Waals surface area contributed by atoms with Gasteiger partial charge in [-0.25, -0.2) is 4.98 Å². The van der Waals surface area contributed by atoms with Gasteiger partial charge in [-0.05, 0) is 25.1 Å². The summed E-state index contributed by atoms with van der Waals surface area (Å²) in [5.41, 5.74) is 1.03. The third-order valence-corrected chi connectivity index (χ3v) is 3.23. The van der Waals surface area contributed by atoms with E-state index in [0.717, 1.165) is 0 Å². The number of aryl methyl sites for hydroxylation is 1. The minimum absolute atomic E-state index is 0.146. The normalized spacial score (nSPS) is 11.8. The first kappa shape index (κ1) is 15.1. The highest BCUT2D eigenvalue weighted by molar-refractivity contribution is 6.05. The van der Waals surface area contributed by atoms with Crippen LogP contribution in [0.2, 0.25) is 0 Å². The van der Waals surface area contributed by atoms with Crippen LogP contribution in [0.25, 0.3) is 11.0 Å². The van der Waals surface area contributed by atoms with Crippen LogP contribution in [0.3, 0.4) is 0 Å². The van der Waals surface area contributed by atoms with E-state index in [1.54, 1.807) is 10.9 Å². The number of benzene rings is 1. The molecule has 0 radical (unpaired) electrons. The first-order valence-electron chi connectivity index (χ1n) is 6.77. The van der Waals surface area contributed by atoms with Crippen molar-refractivity contribution >= 4 is 22.6 Å². The molecular weight excluding hydrogens is 311 g/mol. The van der Waals surface area contributed by atoms with Gasteiger partial charge < -0.3 is 10.3 Å². The van der Waals surface area contributed by atoms with Gasteiger partial charge in [-0.15, -0.1) is 0 Å². The first-order valence-corrected chi connectivity index (χ1v) is 6.77. The van der Waals surface area contributed by atoms with Crippen LogP contribution in [0.4, 0.5) is 18.9 Å². The van der Waals surface area contributed by atoms with E-state index >= 15 is 0 Å². The van der Waals surface area contributed by atoms with Crippen molar-refractivity contribution in [2.45, 2.75) is 19.6 Å². The molecule has 3 rings (SSSR count). The van der Waals surface area contributed by atoms with E-state index < -0.39 is 17.9 Å². The molecule has 0 fully saturated rings. The fraction of sp³-hybridized carbons (Fsp3) is 0.214. The molecule has 3 aromatic rings. The summed E-state index contributed by atoms with van der Waals surface area (Å²) in [5, 5.41) is 6.66. The molecule has 0 bridgehead atoms. The van der Waals surface area contributed by atoms with Gasteiger partial charge in [-0.1, -0.05) is 0 Å². The summed E-state index contributed by atoms with van der Waals surface area (Å²) in [6.07, 6.45) is -1.40. The number of anilines is 1. The van der Waals surface area contributed by atoms with Crippen LogP contribution in [0, 0.1) is 0 Å². The highest BCUT2D eigenvalue weighted by Gasteiger charge is 2.34. The Balaban J connectivity index is 1.85. The molecule has 0 saturated carbocycles. The SMILES string of the molecule is CCn1cc(NC(=O)c2ccc3nc(C(F)(F)F)[nH]c3c2)cn1. The molecule has 1 aromatic carbocycles. The van der Waals surface area contributed by atoms with Crippen LogP contribution in [0.1, 0.15) is 23.1 Å². The number of amides is 1. The summed E-state index contributed by atoms with van der Waals surface area (Å²) >= 11 is 0. The third kappa shape index (κ3) is 3.03. The number of halogens is 3. The Bertz CT molecular complexity index is 865. The van der Waals surface area contributed by atoms with Crippen molar-refractivity contribution in [2.24, 2.45) is 0 Å². The van der Waals surface area contributed by atoms with Crippen molar-refractivity contribution in [1.82, 2.24) is 19.7 Å². The number of imidazole rings is 1. The van der Waals surface area contributed by atoms with E-state index in [4.69, 9.17) is 0 Å². The van der Waals surface area contributed by atoms with Crippen LogP contribution < -0.4 is 5.32 Å². The van der Waals surface area contributed by atoms with Crippen molar-refractivity contribution < 1.29 is 18.0 Å². The summed E-state index contributed by atoms with van der Waals surface area (Å²) in [7, 11) is 0. The maximum absolute atomic E-state index is 12.6. The Hall–Kier alpha value is -2.84. The number of carbonyl (C=O) groups is 1. The standard InChI is InChI=1S/C14H12F3N5O/c1-2-22-7-9(6-18-22)19-12(23)8-3-4-10-11(5-8)21-13(20-10)14(15,16)17/h3-7H,2H2,1H3,(H,19,23)(H,20,21). The first-order chi connectivity index (χ1) is 10.9. The van der Waals surface area contributed by atoms with E-state index in [-0.39, 0.29) is 16.6 Å². The predicted octanol–water partition coefficient (Wildman–Crippen LogP) is 3.05. The fourth-order valence-electron chi connectivity index (χ4n) is 2.09. The van der Waals surface area contributed by atoms with Gasteiger partial charge in [0, 0.05) is 18.3 Å². The lowest BCUT2D eigenvalue weighted by Crippen LogP contribution is -2.11. The summed E-state index contributed by atoms with van der Waals surface area (Å²) in [6, 6.07) is 4.12. The van der Waals surface area contributed by atoms with Gasteiger partial charge in [0.25, 0.3) is 5.91 Å². The Morgan fingerprint density at radius 2 is 2.17 bits per heavy atom. The zero-order valence-corrected chi connectivity index (χ0v) is 12.0. The molecule has 0 spiro atoms. The van der Waals surface area contributed by atoms with Gasteiger partial charge in [0.2, 0.25) is 5.82 Å². The molecule has 6 nitrogen and oxygen atoms in total. The molecule has 0 aliphatic rings. The lowest BCUT2D eigenvalue weighted by Gasteiger charge is -2.02. The predicted molar refractivity (Wildman–Crippen MR) is 76.9 cm³/mol. The monoisotopic (exact) mass is 323 g/mol. The van der Waals surface area contributed by atoms with Crippen LogP contribution >= 0.6 is 0 Å². The molecule has 0 aliphatic heterocycles. The number of rotatable bonds is 3. The number of hydrogen-bond acceptors (Lipinski definition) is 3. The van der Waals surface area contributed by atoms with Gasteiger partial charge in [0.1, 0.15) is 0 Å². The molecule has 23 heavy (non-hydrogen) atoms. The van der Waals surface area contributed by atoms with Crippen molar-refractivity contribution in [1.29, 1.82) is 0 Å². The maximum atomic E-state index is 12.6. The minimum atomic E-state index is -4.56. The Morgan fingerprint density at radius 3 is 2.83 bits per heavy atom. The smallest absolute Gasteiger partial charge is 0.334 e. The fourth-order valence-corrected chi connectivity index (χ4v) is 2.09. The van der Waals surface area contributed by atoms with Crippen molar-refractivity contribution in [3.63, 3.8) is 0 Å². The molecular formula is C14H12F3N5O. The zero-order valence-electron chi connectivity index (χ0n) is 12.0. The number of aromatic amines is 1. The van der Waals surface area contributed by atoms with Crippen LogP contribution in [-0.2, 0) is 12.7 Å². The quantitative estimate of drug-likeness (QED) is 0.778. The maximum Gasteiger partial charge on any atom is 0.449 e. The molecule has 1 amide bonds. The largest absolute Gasteiger partial charge is 0.449 e. The second kappa shape index (κ2) is 5.41. The van der Waals surface area contributed by atoms with Crippen LogP contribution in [-0.4, -0.2) is 25.7 Å². The van der Waals surface area contributed by atoms with Gasteiger partial charge in [0.15, 0.2) is 0 Å². The van der Waals surface area contributed by atoms with E-state index in [1.165, 1.54) is 24.4 Å². The topological polar surface area (TPSA) is 75.6 Å². The summed E-state index contributed by atoms with van der Waals surface area (Å²) < 4.78 is 39.5. The lowest BCUT2D eigenvalue weighted by molar-refractivity contribution is -0.144. The van der Waals surface area contributed by atoms with Gasteiger partial charge >= 0.3 is 6.18 Å². The van der Waals surface area contributed by atoms with Crippen LogP contribution in [0.5, 0.6) is 0 Å². The molecule has 2 heterocycles. The van der Waals surface area contributed by atoms with E-state index in [2.05, 4.69) is 20.4 Å². The van der Waals surface area contributed by atoms with Crippen LogP contribution in [0.15, 0.2) is 30.6 Å². The molecule has 0 atom stereocenters. The number of nitrogens with zero attached hydrogens (tertiary/aromatic N) is 3. The van der Waals surface area contributed by atoms with E-state index in [0.29, 0.717) is 12.2 Å². The minimum Gasteiger partial charge on any atom is -0.334 e. The van der Waals surface area contributed by atoms with Crippen molar-refractivity contribution in [2.75, 3.05) is 5.32 Å². The number of nitrogens with one attached hydrogen (secondary N) is 2. The number of aromatic nitrogens is 4. The average molecular weight is 323 g/mol. The molecule has 0 unspecified atom stereocenters. The van der Waals surface area contributed by atoms with Gasteiger partial charge in [0.05, 0.1) is 22.9 Å².